The molecule has 1 saturated heterocycles. The molecule has 0 bridgehead atoms. The number of ether oxygens (including phenoxy) is 1. The molecule has 13 nitrogen and oxygen atoms in total. The van der Waals surface area contributed by atoms with Crippen molar-refractivity contribution in [2.45, 2.75) is 76.8 Å². The average Bonchev–Trinajstić information content (AvgIpc) is 2.93. The number of nitrogens with zero attached hydrogens (tertiary/aromatic N) is 2. The number of nitrogens with one attached hydrogen (secondary N) is 4. The summed E-state index contributed by atoms with van der Waals surface area (Å²) < 4.78 is 5.83. The predicted molar refractivity (Wildman–Crippen MR) is 164 cm³/mol. The molecular weight excluding hydrogens is 554 g/mol. The van der Waals surface area contributed by atoms with Crippen molar-refractivity contribution in [2.75, 3.05) is 40.3 Å². The van der Waals surface area contributed by atoms with Crippen LogP contribution >= 0.6 is 0 Å². The number of carbonyl (C=O) groups is 4. The first-order chi connectivity index (χ1) is 20.4. The Morgan fingerprint density at radius 3 is 2.60 bits per heavy atom. The highest BCUT2D eigenvalue weighted by Crippen LogP contribution is 2.31. The molecule has 4 atom stereocenters. The average molecular weight is 604 g/mol. The Hall–Kier alpha value is -3.87. The van der Waals surface area contributed by atoms with Crippen LogP contribution in [0.1, 0.15) is 70.3 Å². The zero-order valence-electron chi connectivity index (χ0n) is 25.9. The molecule has 1 unspecified atom stereocenters. The van der Waals surface area contributed by atoms with Crippen molar-refractivity contribution in [1.29, 1.82) is 5.41 Å². The molecule has 7 N–H and O–H groups in total. The third kappa shape index (κ3) is 12.5. The minimum atomic E-state index is -1.30. The van der Waals surface area contributed by atoms with Crippen LogP contribution in [0.4, 0.5) is 4.79 Å². The van der Waals surface area contributed by atoms with Crippen molar-refractivity contribution in [1.82, 2.24) is 25.8 Å². The zero-order chi connectivity index (χ0) is 31.9. The van der Waals surface area contributed by atoms with Gasteiger partial charge < -0.3 is 41.3 Å². The summed E-state index contributed by atoms with van der Waals surface area (Å²) >= 11 is 0. The molecule has 0 spiro atoms. The molecule has 2 rings (SSSR count). The van der Waals surface area contributed by atoms with Crippen LogP contribution in [0.5, 0.6) is 5.75 Å². The molecule has 0 aliphatic carbocycles. The molecular formula is C30H49N7O6. The van der Waals surface area contributed by atoms with Crippen LogP contribution in [0.3, 0.4) is 0 Å². The molecule has 0 aromatic heterocycles. The predicted octanol–water partition coefficient (Wildman–Crippen LogP) is 2.07. The maximum Gasteiger partial charge on any atom is 0.415 e. The molecule has 1 heterocycles. The van der Waals surface area contributed by atoms with Gasteiger partial charge in [0.2, 0.25) is 11.8 Å². The van der Waals surface area contributed by atoms with Gasteiger partial charge >= 0.3 is 12.1 Å². The summed E-state index contributed by atoms with van der Waals surface area (Å²) in [6.45, 7) is 6.29. The molecule has 1 aromatic carbocycles. The number of rotatable bonds is 16. The van der Waals surface area contributed by atoms with Crippen LogP contribution < -0.4 is 26.4 Å². The van der Waals surface area contributed by atoms with E-state index in [9.17, 15) is 19.2 Å². The molecule has 1 fully saturated rings. The van der Waals surface area contributed by atoms with E-state index in [2.05, 4.69) is 54.9 Å². The van der Waals surface area contributed by atoms with Gasteiger partial charge in [-0.15, -0.1) is 0 Å². The summed E-state index contributed by atoms with van der Waals surface area (Å²) in [5.41, 5.74) is 6.41. The lowest BCUT2D eigenvalue weighted by Crippen LogP contribution is -2.53. The number of piperidine rings is 1. The number of benzene rings is 1. The second-order valence-corrected chi connectivity index (χ2v) is 11.5. The molecule has 1 aliphatic heterocycles. The highest BCUT2D eigenvalue weighted by Gasteiger charge is 2.30. The minimum absolute atomic E-state index is 0.158. The van der Waals surface area contributed by atoms with Crippen LogP contribution in [-0.4, -0.2) is 97.1 Å². The number of likely N-dealkylation sites (tertiary alicyclic amines) is 1. The third-order valence-electron chi connectivity index (χ3n) is 7.59. The fourth-order valence-corrected chi connectivity index (χ4v) is 5.61. The summed E-state index contributed by atoms with van der Waals surface area (Å²) in [5.74, 6) is -1.55. The quantitative estimate of drug-likeness (QED) is 0.0711. The van der Waals surface area contributed by atoms with E-state index in [1.807, 2.05) is 12.1 Å². The van der Waals surface area contributed by atoms with Gasteiger partial charge in [0.25, 0.3) is 0 Å². The molecule has 1 aromatic rings. The van der Waals surface area contributed by atoms with E-state index in [0.29, 0.717) is 43.5 Å². The first-order valence-corrected chi connectivity index (χ1v) is 15.0. The van der Waals surface area contributed by atoms with E-state index in [1.54, 1.807) is 11.0 Å². The van der Waals surface area contributed by atoms with Crippen molar-refractivity contribution in [3.8, 4) is 5.75 Å². The fourth-order valence-electron chi connectivity index (χ4n) is 5.61. The van der Waals surface area contributed by atoms with Crippen molar-refractivity contribution in [3.63, 3.8) is 0 Å². The van der Waals surface area contributed by atoms with E-state index in [1.165, 1.54) is 0 Å². The first kappa shape index (κ1) is 35.3. The Labute approximate surface area is 254 Å². The van der Waals surface area contributed by atoms with Crippen LogP contribution in [0.15, 0.2) is 24.3 Å². The first-order valence-electron chi connectivity index (χ1n) is 15.0. The van der Waals surface area contributed by atoms with E-state index < -0.39 is 36.3 Å². The van der Waals surface area contributed by atoms with Gasteiger partial charge in [-0.1, -0.05) is 26.0 Å². The Bertz CT molecular complexity index is 1100. The Kier molecular flexibility index (Phi) is 14.7. The van der Waals surface area contributed by atoms with E-state index in [-0.39, 0.29) is 25.0 Å². The summed E-state index contributed by atoms with van der Waals surface area (Å²) in [6.07, 6.45) is 2.71. The van der Waals surface area contributed by atoms with Crippen LogP contribution in [0.2, 0.25) is 0 Å². The molecule has 43 heavy (non-hydrogen) atoms. The van der Waals surface area contributed by atoms with Gasteiger partial charge in [0.05, 0.1) is 6.04 Å². The number of guanidine groups is 1. The van der Waals surface area contributed by atoms with Gasteiger partial charge in [-0.25, -0.2) is 4.79 Å². The van der Waals surface area contributed by atoms with Crippen LogP contribution in [0, 0.1) is 11.3 Å². The molecule has 1 aliphatic rings. The number of carbonyl (C=O) groups excluding carboxylic acids is 3. The highest BCUT2D eigenvalue weighted by atomic mass is 16.6. The summed E-state index contributed by atoms with van der Waals surface area (Å²) in [7, 11) is 4.12. The van der Waals surface area contributed by atoms with Gasteiger partial charge in [-0.3, -0.25) is 19.8 Å². The summed E-state index contributed by atoms with van der Waals surface area (Å²) in [4.78, 5) is 53.2. The number of nitrogens with two attached hydrogens (primary N) is 1. The lowest BCUT2D eigenvalue weighted by molar-refractivity contribution is -0.141. The molecule has 13 heteroatoms. The number of aliphatic carboxylic acids is 1. The largest absolute Gasteiger partial charge is 0.481 e. The van der Waals surface area contributed by atoms with Gasteiger partial charge in [-0.05, 0) is 82.2 Å². The van der Waals surface area contributed by atoms with E-state index in [4.69, 9.17) is 21.0 Å². The molecule has 0 saturated carbocycles. The van der Waals surface area contributed by atoms with Gasteiger partial charge in [-0.2, -0.15) is 0 Å². The summed E-state index contributed by atoms with van der Waals surface area (Å²) in [6, 6.07) is 6.40. The number of carboxylic acids is 1. The summed E-state index contributed by atoms with van der Waals surface area (Å²) in [5, 5.41) is 24.1. The lowest BCUT2D eigenvalue weighted by atomic mass is 9.85. The highest BCUT2D eigenvalue weighted by molar-refractivity contribution is 5.96. The van der Waals surface area contributed by atoms with Crippen molar-refractivity contribution in [3.05, 3.63) is 29.8 Å². The maximum absolute atomic E-state index is 13.3. The minimum Gasteiger partial charge on any atom is -0.481 e. The number of hydrogen-bond acceptors (Lipinski definition) is 7. The van der Waals surface area contributed by atoms with Crippen molar-refractivity contribution in [2.24, 2.45) is 11.7 Å². The number of carboxylic acid groups (broad SMARTS) is 1. The second kappa shape index (κ2) is 17.9. The van der Waals surface area contributed by atoms with Crippen LogP contribution in [0.25, 0.3) is 0 Å². The van der Waals surface area contributed by atoms with Gasteiger partial charge in [0, 0.05) is 26.2 Å². The molecule has 0 radical (unpaired) electrons. The SMILES string of the molecule is CC[C@@H](c1cccc(OC(=O)N2CCCCC2CNC(=O)[C@H](CCCNC(=N)N)NC(=O)CC(=O)O)c1)[C@@H](C)CN(C)C. The second-order valence-electron chi connectivity index (χ2n) is 11.5. The lowest BCUT2D eigenvalue weighted by Gasteiger charge is -2.35. The van der Waals surface area contributed by atoms with Crippen LogP contribution in [-0.2, 0) is 14.4 Å². The Morgan fingerprint density at radius 2 is 1.95 bits per heavy atom. The van der Waals surface area contributed by atoms with Gasteiger partial charge in [0.15, 0.2) is 5.96 Å². The smallest absolute Gasteiger partial charge is 0.415 e. The van der Waals surface area contributed by atoms with E-state index >= 15 is 0 Å². The fraction of sp³-hybridized carbons (Fsp3) is 0.633. The number of amides is 3. The standard InChI is InChI=1S/C30H49N7O6/c1-5-24(20(2)19-36(3)4)21-10-8-12-23(16-21)43-30(42)37-15-7-6-11-22(37)18-34-28(41)25(13-9-14-33-29(31)32)35-26(38)17-27(39)40/h8,10,12,16,20,22,24-25H,5-7,9,11,13-15,17-19H2,1-4H3,(H,34,41)(H,35,38)(H,39,40)(H4,31,32,33)/t20-,22?,24+,25-/m0/s1. The Balaban J connectivity index is 2.05. The zero-order valence-corrected chi connectivity index (χ0v) is 25.9. The topological polar surface area (TPSA) is 190 Å². The monoisotopic (exact) mass is 603 g/mol. The Morgan fingerprint density at radius 1 is 1.21 bits per heavy atom. The van der Waals surface area contributed by atoms with Crippen molar-refractivity contribution >= 4 is 29.8 Å². The van der Waals surface area contributed by atoms with E-state index in [0.717, 1.165) is 31.4 Å². The maximum atomic E-state index is 13.3. The van der Waals surface area contributed by atoms with Crippen molar-refractivity contribution < 1.29 is 29.0 Å². The number of hydrogen-bond donors (Lipinski definition) is 6. The normalized spacial score (nSPS) is 17.0. The third-order valence-corrected chi connectivity index (χ3v) is 7.59. The van der Waals surface area contributed by atoms with Gasteiger partial charge in [0.1, 0.15) is 18.2 Å². The molecule has 3 amide bonds. The molecule has 240 valence electrons.